The van der Waals surface area contributed by atoms with E-state index in [0.29, 0.717) is 35.6 Å². The summed E-state index contributed by atoms with van der Waals surface area (Å²) >= 11 is 1.28. The number of aromatic nitrogens is 3. The molecule has 0 saturated heterocycles. The average molecular weight is 498 g/mol. The average Bonchev–Trinajstić information content (AvgIpc) is 3.20. The molecule has 0 unspecified atom stereocenters. The third kappa shape index (κ3) is 6.98. The van der Waals surface area contributed by atoms with Gasteiger partial charge in [-0.15, -0.1) is 10.2 Å². The molecule has 1 aromatic heterocycles. The summed E-state index contributed by atoms with van der Waals surface area (Å²) in [5.74, 6) is 1.54. The molecule has 1 N–H and O–H groups in total. The number of amides is 2. The number of carbonyl (C=O) groups excluding carboxylic acids is 2. The molecule has 186 valence electrons. The Kier molecular flexibility index (Phi) is 9.13. The molecule has 0 radical (unpaired) electrons. The Morgan fingerprint density at radius 1 is 1.00 bits per heavy atom. The molecule has 0 saturated carbocycles. The summed E-state index contributed by atoms with van der Waals surface area (Å²) in [7, 11) is 1.60. The van der Waals surface area contributed by atoms with Crippen LogP contribution in [0.25, 0.3) is 5.69 Å². The lowest BCUT2D eigenvalue weighted by molar-refractivity contribution is -0.131. The molecule has 0 aliphatic rings. The number of nitrogens with zero attached hydrogens (tertiary/aromatic N) is 4. The molecule has 2 amide bonds. The minimum Gasteiger partial charge on any atom is -0.490 e. The van der Waals surface area contributed by atoms with Gasteiger partial charge < -0.3 is 19.7 Å². The normalized spacial score (nSPS) is 10.7. The fourth-order valence-corrected chi connectivity index (χ4v) is 4.24. The summed E-state index contributed by atoms with van der Waals surface area (Å²) in [6.45, 7) is 8.57. The van der Waals surface area contributed by atoms with Crippen LogP contribution < -0.4 is 14.8 Å². The van der Waals surface area contributed by atoms with Crippen molar-refractivity contribution in [2.75, 3.05) is 37.9 Å². The lowest BCUT2D eigenvalue weighted by Crippen LogP contribution is -2.36. The monoisotopic (exact) mass is 497 g/mol. The van der Waals surface area contributed by atoms with Gasteiger partial charge in [-0.3, -0.25) is 14.2 Å². The molecule has 0 fully saturated rings. The molecular weight excluding hydrogens is 466 g/mol. The second-order valence-corrected chi connectivity index (χ2v) is 8.76. The van der Waals surface area contributed by atoms with Crippen molar-refractivity contribution in [3.8, 4) is 17.2 Å². The maximum Gasteiger partial charge on any atom is 0.243 e. The summed E-state index contributed by atoms with van der Waals surface area (Å²) in [4.78, 5) is 26.6. The van der Waals surface area contributed by atoms with Crippen molar-refractivity contribution >= 4 is 29.3 Å². The van der Waals surface area contributed by atoms with Gasteiger partial charge in [0.2, 0.25) is 11.8 Å². The highest BCUT2D eigenvalue weighted by Gasteiger charge is 2.17. The van der Waals surface area contributed by atoms with Gasteiger partial charge in [-0.2, -0.15) is 0 Å². The highest BCUT2D eigenvalue weighted by atomic mass is 32.2. The molecular formula is C25H31N5O4S. The summed E-state index contributed by atoms with van der Waals surface area (Å²) in [5, 5.41) is 11.8. The van der Waals surface area contributed by atoms with E-state index in [1.807, 2.05) is 56.5 Å². The van der Waals surface area contributed by atoms with E-state index in [9.17, 15) is 9.59 Å². The largest absolute Gasteiger partial charge is 0.490 e. The molecule has 9 nitrogen and oxygen atoms in total. The van der Waals surface area contributed by atoms with Crippen LogP contribution in [-0.2, 0) is 9.59 Å². The Labute approximate surface area is 209 Å². The SMILES string of the molecule is CCOc1ccc(NC(=O)CN(C)C(=O)CSc2nnc(C)n2-c2ccc(C)cc2)cc1OCC. The maximum absolute atomic E-state index is 12.7. The van der Waals surface area contributed by atoms with Gasteiger partial charge in [0.25, 0.3) is 0 Å². The number of thioether (sulfide) groups is 1. The van der Waals surface area contributed by atoms with Crippen molar-refractivity contribution in [1.29, 1.82) is 0 Å². The third-order valence-corrected chi connectivity index (χ3v) is 5.96. The molecule has 3 aromatic rings. The van der Waals surface area contributed by atoms with Crippen LogP contribution in [-0.4, -0.2) is 64.0 Å². The number of likely N-dealkylation sites (N-methyl/N-ethyl adjacent to an activating group) is 1. The third-order valence-electron chi connectivity index (χ3n) is 5.05. The van der Waals surface area contributed by atoms with Crippen molar-refractivity contribution in [3.05, 3.63) is 53.9 Å². The first-order chi connectivity index (χ1) is 16.8. The molecule has 0 atom stereocenters. The minimum absolute atomic E-state index is 0.0831. The second kappa shape index (κ2) is 12.3. The first kappa shape index (κ1) is 26.1. The van der Waals surface area contributed by atoms with Crippen molar-refractivity contribution in [1.82, 2.24) is 19.7 Å². The van der Waals surface area contributed by atoms with E-state index in [-0.39, 0.29) is 24.1 Å². The van der Waals surface area contributed by atoms with Gasteiger partial charge in [-0.05, 0) is 52.0 Å². The number of anilines is 1. The molecule has 0 bridgehead atoms. The predicted molar refractivity (Wildman–Crippen MR) is 137 cm³/mol. The van der Waals surface area contributed by atoms with Gasteiger partial charge in [-0.25, -0.2) is 0 Å². The Balaban J connectivity index is 1.57. The number of carbonyl (C=O) groups is 2. The van der Waals surface area contributed by atoms with E-state index in [1.165, 1.54) is 16.7 Å². The van der Waals surface area contributed by atoms with Gasteiger partial charge >= 0.3 is 0 Å². The summed E-state index contributed by atoms with van der Waals surface area (Å²) < 4.78 is 13.1. The zero-order chi connectivity index (χ0) is 25.4. The van der Waals surface area contributed by atoms with E-state index >= 15 is 0 Å². The predicted octanol–water partition coefficient (Wildman–Crippen LogP) is 3.87. The van der Waals surface area contributed by atoms with Crippen LogP contribution in [0.2, 0.25) is 0 Å². The van der Waals surface area contributed by atoms with Crippen LogP contribution in [0.1, 0.15) is 25.2 Å². The van der Waals surface area contributed by atoms with Crippen molar-refractivity contribution in [2.45, 2.75) is 32.9 Å². The molecule has 10 heteroatoms. The highest BCUT2D eigenvalue weighted by molar-refractivity contribution is 7.99. The van der Waals surface area contributed by atoms with Crippen LogP contribution in [0, 0.1) is 13.8 Å². The van der Waals surface area contributed by atoms with Crippen LogP contribution >= 0.6 is 11.8 Å². The fourth-order valence-electron chi connectivity index (χ4n) is 3.30. The smallest absolute Gasteiger partial charge is 0.243 e. The van der Waals surface area contributed by atoms with Crippen LogP contribution in [0.15, 0.2) is 47.6 Å². The summed E-state index contributed by atoms with van der Waals surface area (Å²) in [5.41, 5.74) is 2.66. The topological polar surface area (TPSA) is 98.6 Å². The Bertz CT molecular complexity index is 1160. The first-order valence-electron chi connectivity index (χ1n) is 11.4. The zero-order valence-corrected chi connectivity index (χ0v) is 21.5. The highest BCUT2D eigenvalue weighted by Crippen LogP contribution is 2.30. The Morgan fingerprint density at radius 3 is 2.37 bits per heavy atom. The second-order valence-electron chi connectivity index (χ2n) is 7.81. The number of rotatable bonds is 11. The van der Waals surface area contributed by atoms with E-state index < -0.39 is 0 Å². The Hall–Kier alpha value is -3.53. The molecule has 0 aliphatic carbocycles. The number of hydrogen-bond acceptors (Lipinski definition) is 7. The maximum atomic E-state index is 12.7. The standard InChI is InChI=1S/C25H31N5O4S/c1-6-33-21-13-10-19(14-22(21)34-7-2)26-23(31)15-29(5)24(32)16-35-25-28-27-18(4)30(25)20-11-8-17(3)9-12-20/h8-14H,6-7,15-16H2,1-5H3,(H,26,31). The van der Waals surface area contributed by atoms with E-state index in [0.717, 1.165) is 17.1 Å². The number of nitrogens with one attached hydrogen (secondary N) is 1. The Morgan fingerprint density at radius 2 is 1.69 bits per heavy atom. The van der Waals surface area contributed by atoms with Crippen molar-refractivity contribution in [2.24, 2.45) is 0 Å². The van der Waals surface area contributed by atoms with Crippen LogP contribution in [0.4, 0.5) is 5.69 Å². The fraction of sp³-hybridized carbons (Fsp3) is 0.360. The molecule has 1 heterocycles. The molecule has 0 aliphatic heterocycles. The summed E-state index contributed by atoms with van der Waals surface area (Å²) in [6, 6.07) is 13.2. The van der Waals surface area contributed by atoms with E-state index in [4.69, 9.17) is 9.47 Å². The van der Waals surface area contributed by atoms with Gasteiger partial charge in [0, 0.05) is 24.5 Å². The molecule has 0 spiro atoms. The van der Waals surface area contributed by atoms with Crippen LogP contribution in [0.5, 0.6) is 11.5 Å². The number of hydrogen-bond donors (Lipinski definition) is 1. The van der Waals surface area contributed by atoms with Crippen molar-refractivity contribution < 1.29 is 19.1 Å². The van der Waals surface area contributed by atoms with Gasteiger partial charge in [0.1, 0.15) is 5.82 Å². The van der Waals surface area contributed by atoms with E-state index in [2.05, 4.69) is 15.5 Å². The van der Waals surface area contributed by atoms with Gasteiger partial charge in [-0.1, -0.05) is 29.5 Å². The molecule has 2 aromatic carbocycles. The van der Waals surface area contributed by atoms with E-state index in [1.54, 1.807) is 25.2 Å². The van der Waals surface area contributed by atoms with Crippen molar-refractivity contribution in [3.63, 3.8) is 0 Å². The first-order valence-corrected chi connectivity index (χ1v) is 12.4. The minimum atomic E-state index is -0.309. The zero-order valence-electron chi connectivity index (χ0n) is 20.7. The number of ether oxygens (including phenoxy) is 2. The molecule has 3 rings (SSSR count). The number of aryl methyl sites for hydroxylation is 2. The van der Waals surface area contributed by atoms with Gasteiger partial charge in [0.15, 0.2) is 16.7 Å². The summed E-state index contributed by atoms with van der Waals surface area (Å²) in [6.07, 6.45) is 0. The quantitative estimate of drug-likeness (QED) is 0.402. The molecule has 35 heavy (non-hydrogen) atoms. The van der Waals surface area contributed by atoms with Gasteiger partial charge in [0.05, 0.1) is 25.5 Å². The number of benzene rings is 2. The van der Waals surface area contributed by atoms with Crippen LogP contribution in [0.3, 0.4) is 0 Å². The lowest BCUT2D eigenvalue weighted by atomic mass is 10.2. The lowest BCUT2D eigenvalue weighted by Gasteiger charge is -2.17.